The molecular formula is C14H16N2O5. The zero-order valence-corrected chi connectivity index (χ0v) is 11.8. The van der Waals surface area contributed by atoms with Gasteiger partial charge in [-0.15, -0.1) is 0 Å². The summed E-state index contributed by atoms with van der Waals surface area (Å²) in [4.78, 5) is 35.5. The van der Waals surface area contributed by atoms with Gasteiger partial charge in [0, 0.05) is 31.5 Å². The Kier molecular flexibility index (Phi) is 4.21. The number of carbonyl (C=O) groups excluding carboxylic acids is 2. The number of nitro benzene ring substituents is 1. The molecule has 0 aliphatic carbocycles. The first-order valence-electron chi connectivity index (χ1n) is 6.62. The molecule has 0 radical (unpaired) electrons. The molecular weight excluding hydrogens is 276 g/mol. The van der Waals surface area contributed by atoms with Crippen LogP contribution in [0.25, 0.3) is 0 Å². The second-order valence-electron chi connectivity index (χ2n) is 4.86. The first kappa shape index (κ1) is 15.0. The lowest BCUT2D eigenvalue weighted by atomic mass is 9.91. The monoisotopic (exact) mass is 292 g/mol. The van der Waals surface area contributed by atoms with Crippen molar-refractivity contribution in [3.63, 3.8) is 0 Å². The molecule has 1 heterocycles. The summed E-state index contributed by atoms with van der Waals surface area (Å²) in [6, 6.07) is 5.24. The van der Waals surface area contributed by atoms with Crippen molar-refractivity contribution in [3.05, 3.63) is 39.9 Å². The van der Waals surface area contributed by atoms with E-state index in [-0.39, 0.29) is 30.5 Å². The molecule has 0 aromatic heterocycles. The average Bonchev–Trinajstić information content (AvgIpc) is 2.75. The van der Waals surface area contributed by atoms with Crippen molar-refractivity contribution < 1.29 is 19.2 Å². The molecule has 112 valence electrons. The number of non-ortho nitro benzene ring substituents is 1. The number of benzene rings is 1. The lowest BCUT2D eigenvalue weighted by Gasteiger charge is -2.23. The van der Waals surface area contributed by atoms with E-state index in [1.54, 1.807) is 26.1 Å². The van der Waals surface area contributed by atoms with E-state index in [2.05, 4.69) is 0 Å². The zero-order valence-electron chi connectivity index (χ0n) is 11.8. The van der Waals surface area contributed by atoms with E-state index in [0.29, 0.717) is 0 Å². The summed E-state index contributed by atoms with van der Waals surface area (Å²) < 4.78 is 5.02. The lowest BCUT2D eigenvalue weighted by Crippen LogP contribution is -2.39. The van der Waals surface area contributed by atoms with E-state index in [4.69, 9.17) is 4.74 Å². The Labute approximate surface area is 121 Å². The first-order chi connectivity index (χ1) is 9.95. The van der Waals surface area contributed by atoms with E-state index >= 15 is 0 Å². The molecule has 0 bridgehead atoms. The van der Waals surface area contributed by atoms with Crippen LogP contribution in [0, 0.1) is 10.1 Å². The number of amides is 1. The average molecular weight is 292 g/mol. The van der Waals surface area contributed by atoms with Crippen molar-refractivity contribution in [2.75, 3.05) is 13.7 Å². The standard InChI is InChI=1S/C14H16N2O5/c1-3-21-14(18)13-11(8-12(17)15(13)2)9-4-6-10(7-5-9)16(19)20/h4-7,11,13H,3,8H2,1-2H3/t11-,13-/m1/s1. The Bertz CT molecular complexity index is 569. The minimum absolute atomic E-state index is 0.0240. The highest BCUT2D eigenvalue weighted by atomic mass is 16.6. The van der Waals surface area contributed by atoms with E-state index in [9.17, 15) is 19.7 Å². The second-order valence-corrected chi connectivity index (χ2v) is 4.86. The maximum absolute atomic E-state index is 12.0. The van der Waals surface area contributed by atoms with Crippen molar-refractivity contribution in [1.82, 2.24) is 4.90 Å². The molecule has 1 amide bonds. The number of likely N-dealkylation sites (tertiary alicyclic amines) is 1. The molecule has 0 unspecified atom stereocenters. The van der Waals surface area contributed by atoms with E-state index in [1.165, 1.54) is 17.0 Å². The molecule has 1 aliphatic heterocycles. The van der Waals surface area contributed by atoms with Crippen LogP contribution in [-0.2, 0) is 14.3 Å². The molecule has 0 saturated carbocycles. The maximum Gasteiger partial charge on any atom is 0.329 e. The lowest BCUT2D eigenvalue weighted by molar-refractivity contribution is -0.384. The topological polar surface area (TPSA) is 89.7 Å². The van der Waals surface area contributed by atoms with Gasteiger partial charge < -0.3 is 9.64 Å². The SMILES string of the molecule is CCOC(=O)[C@H]1[C@@H](c2ccc([N+](=O)[O-])cc2)CC(=O)N1C. The fourth-order valence-electron chi connectivity index (χ4n) is 2.56. The molecule has 1 fully saturated rings. The molecule has 0 N–H and O–H groups in total. The van der Waals surface area contributed by atoms with Gasteiger partial charge in [-0.25, -0.2) is 4.79 Å². The van der Waals surface area contributed by atoms with Gasteiger partial charge in [-0.1, -0.05) is 12.1 Å². The molecule has 2 rings (SSSR count). The van der Waals surface area contributed by atoms with Crippen LogP contribution in [0.1, 0.15) is 24.8 Å². The Balaban J connectivity index is 2.29. The molecule has 1 aliphatic rings. The number of carbonyl (C=O) groups is 2. The number of esters is 1. The minimum atomic E-state index is -0.682. The largest absolute Gasteiger partial charge is 0.464 e. The number of nitro groups is 1. The number of ether oxygens (including phenoxy) is 1. The molecule has 1 aromatic rings. The summed E-state index contributed by atoms with van der Waals surface area (Å²) >= 11 is 0. The van der Waals surface area contributed by atoms with Gasteiger partial charge in [0.25, 0.3) is 5.69 Å². The Morgan fingerprint density at radius 1 is 1.43 bits per heavy atom. The van der Waals surface area contributed by atoms with Crippen LogP contribution < -0.4 is 0 Å². The van der Waals surface area contributed by atoms with Gasteiger partial charge in [-0.2, -0.15) is 0 Å². The summed E-state index contributed by atoms with van der Waals surface area (Å²) in [6.07, 6.45) is 0.192. The fraction of sp³-hybridized carbons (Fsp3) is 0.429. The molecule has 21 heavy (non-hydrogen) atoms. The summed E-state index contributed by atoms with van der Waals surface area (Å²) in [5, 5.41) is 10.7. The van der Waals surface area contributed by atoms with E-state index < -0.39 is 16.9 Å². The van der Waals surface area contributed by atoms with Gasteiger partial charge in [-0.3, -0.25) is 14.9 Å². The number of hydrogen-bond acceptors (Lipinski definition) is 5. The number of rotatable bonds is 4. The number of nitrogens with zero attached hydrogens (tertiary/aromatic N) is 2. The zero-order chi connectivity index (χ0) is 15.6. The predicted molar refractivity (Wildman–Crippen MR) is 73.6 cm³/mol. The van der Waals surface area contributed by atoms with Crippen molar-refractivity contribution in [2.24, 2.45) is 0 Å². The Hall–Kier alpha value is -2.44. The summed E-state index contributed by atoms with van der Waals surface area (Å²) in [5.74, 6) is -0.937. The van der Waals surface area contributed by atoms with E-state index in [1.807, 2.05) is 0 Å². The number of hydrogen-bond donors (Lipinski definition) is 0. The van der Waals surface area contributed by atoms with Crippen molar-refractivity contribution in [1.29, 1.82) is 0 Å². The van der Waals surface area contributed by atoms with Crippen molar-refractivity contribution >= 4 is 17.6 Å². The molecule has 7 heteroatoms. The highest BCUT2D eigenvalue weighted by Gasteiger charge is 2.43. The third kappa shape index (κ3) is 2.86. The van der Waals surface area contributed by atoms with Crippen LogP contribution in [0.2, 0.25) is 0 Å². The molecule has 1 saturated heterocycles. The smallest absolute Gasteiger partial charge is 0.329 e. The quantitative estimate of drug-likeness (QED) is 0.476. The van der Waals surface area contributed by atoms with Crippen LogP contribution in [0.15, 0.2) is 24.3 Å². The summed E-state index contributed by atoms with van der Waals surface area (Å²) in [7, 11) is 1.56. The van der Waals surface area contributed by atoms with Crippen LogP contribution in [-0.4, -0.2) is 41.4 Å². The van der Waals surface area contributed by atoms with Gasteiger partial charge in [-0.05, 0) is 12.5 Å². The van der Waals surface area contributed by atoms with Crippen molar-refractivity contribution in [2.45, 2.75) is 25.3 Å². The van der Waals surface area contributed by atoms with Crippen LogP contribution in [0.5, 0.6) is 0 Å². The molecule has 7 nitrogen and oxygen atoms in total. The predicted octanol–water partition coefficient (Wildman–Crippen LogP) is 1.47. The molecule has 2 atom stereocenters. The van der Waals surface area contributed by atoms with Gasteiger partial charge in [0.2, 0.25) is 5.91 Å². The van der Waals surface area contributed by atoms with Crippen molar-refractivity contribution in [3.8, 4) is 0 Å². The normalized spacial score (nSPS) is 21.4. The summed E-state index contributed by atoms with van der Waals surface area (Å²) in [5.41, 5.74) is 0.695. The van der Waals surface area contributed by atoms with Gasteiger partial charge in [0.1, 0.15) is 6.04 Å². The molecule has 0 spiro atoms. The molecule has 1 aromatic carbocycles. The summed E-state index contributed by atoms with van der Waals surface area (Å²) in [6.45, 7) is 1.94. The van der Waals surface area contributed by atoms with Gasteiger partial charge in [0.15, 0.2) is 0 Å². The third-order valence-electron chi connectivity index (χ3n) is 3.65. The van der Waals surface area contributed by atoms with Gasteiger partial charge in [0.05, 0.1) is 11.5 Å². The van der Waals surface area contributed by atoms with Crippen LogP contribution in [0.4, 0.5) is 5.69 Å². The van der Waals surface area contributed by atoms with Crippen LogP contribution in [0.3, 0.4) is 0 Å². The number of likely N-dealkylation sites (N-methyl/N-ethyl adjacent to an activating group) is 1. The van der Waals surface area contributed by atoms with Gasteiger partial charge >= 0.3 is 5.97 Å². The Morgan fingerprint density at radius 2 is 2.05 bits per heavy atom. The maximum atomic E-state index is 12.0. The Morgan fingerprint density at radius 3 is 2.57 bits per heavy atom. The fourth-order valence-corrected chi connectivity index (χ4v) is 2.56. The van der Waals surface area contributed by atoms with Crippen LogP contribution >= 0.6 is 0 Å². The first-order valence-corrected chi connectivity index (χ1v) is 6.62. The minimum Gasteiger partial charge on any atom is -0.464 e. The van der Waals surface area contributed by atoms with E-state index in [0.717, 1.165) is 5.56 Å². The second kappa shape index (κ2) is 5.90. The highest BCUT2D eigenvalue weighted by Crippen LogP contribution is 2.34. The third-order valence-corrected chi connectivity index (χ3v) is 3.65. The highest BCUT2D eigenvalue weighted by molar-refractivity contribution is 5.90.